The topological polar surface area (TPSA) is 75.3 Å². The number of nitrogens with one attached hydrogen (secondary N) is 2. The molecule has 102 valence electrons. The van der Waals surface area contributed by atoms with Crippen molar-refractivity contribution in [3.63, 3.8) is 0 Å². The van der Waals surface area contributed by atoms with Crippen LogP contribution < -0.4 is 10.0 Å². The number of aryl methyl sites for hydroxylation is 1. The monoisotopic (exact) mass is 280 g/mol. The second kappa shape index (κ2) is 6.92. The van der Waals surface area contributed by atoms with Crippen LogP contribution in [0.2, 0.25) is 0 Å². The first-order valence-corrected chi connectivity index (χ1v) is 7.20. The Bertz CT molecular complexity index is 571. The van der Waals surface area contributed by atoms with Crippen molar-refractivity contribution in [1.82, 2.24) is 10.0 Å². The van der Waals surface area contributed by atoms with E-state index in [-0.39, 0.29) is 17.3 Å². The lowest BCUT2D eigenvalue weighted by molar-refractivity contribution is -0.120. The highest BCUT2D eigenvalue weighted by Crippen LogP contribution is 2.11. The molecule has 19 heavy (non-hydrogen) atoms. The van der Waals surface area contributed by atoms with E-state index in [1.165, 1.54) is 19.2 Å². The Hall–Kier alpha value is -1.84. The number of benzene rings is 1. The Morgan fingerprint density at radius 3 is 2.47 bits per heavy atom. The summed E-state index contributed by atoms with van der Waals surface area (Å²) in [6, 6.07) is 6.42. The number of sulfonamides is 1. The van der Waals surface area contributed by atoms with Crippen LogP contribution in [0, 0.1) is 12.3 Å². The molecule has 0 aliphatic carbocycles. The number of carbonyl (C=O) groups is 1. The van der Waals surface area contributed by atoms with Gasteiger partial charge in [0.2, 0.25) is 15.9 Å². The van der Waals surface area contributed by atoms with Gasteiger partial charge in [-0.3, -0.25) is 4.79 Å². The maximum Gasteiger partial charge on any atom is 0.240 e. The molecule has 0 spiro atoms. The van der Waals surface area contributed by atoms with Crippen LogP contribution in [0.15, 0.2) is 29.2 Å². The molecule has 0 heterocycles. The molecule has 1 aromatic rings. The van der Waals surface area contributed by atoms with Crippen LogP contribution in [-0.4, -0.2) is 27.9 Å². The summed E-state index contributed by atoms with van der Waals surface area (Å²) in [6.07, 6.45) is 5.88. The average Bonchev–Trinajstić information content (AvgIpc) is 2.43. The third kappa shape index (κ3) is 4.73. The fraction of sp³-hybridized carbons (Fsp3) is 0.308. The van der Waals surface area contributed by atoms with Crippen molar-refractivity contribution in [3.05, 3.63) is 29.8 Å². The summed E-state index contributed by atoms with van der Waals surface area (Å²) in [7, 11) is -2.05. The zero-order chi connectivity index (χ0) is 14.3. The number of terminal acetylenes is 1. The van der Waals surface area contributed by atoms with Crippen LogP contribution >= 0.6 is 0 Å². The molecule has 0 fully saturated rings. The van der Waals surface area contributed by atoms with Crippen LogP contribution in [-0.2, 0) is 21.2 Å². The quantitative estimate of drug-likeness (QED) is 0.735. The third-order valence-corrected chi connectivity index (χ3v) is 3.96. The van der Waals surface area contributed by atoms with Gasteiger partial charge in [-0.25, -0.2) is 13.1 Å². The van der Waals surface area contributed by atoms with E-state index in [0.29, 0.717) is 12.8 Å². The van der Waals surface area contributed by atoms with Crippen LogP contribution in [0.25, 0.3) is 0 Å². The van der Waals surface area contributed by atoms with E-state index in [2.05, 4.69) is 16.0 Å². The number of hydrogen-bond donors (Lipinski definition) is 2. The van der Waals surface area contributed by atoms with Crippen LogP contribution in [0.1, 0.15) is 12.0 Å². The standard InChI is InChI=1S/C13H16N2O3S/c1-3-10-15-13(16)9-6-11-4-7-12(8-5-11)19(17,18)14-2/h1,4-5,7-8,14H,6,9-10H2,2H3,(H,15,16). The summed E-state index contributed by atoms with van der Waals surface area (Å²) in [5, 5.41) is 2.57. The van der Waals surface area contributed by atoms with Crippen molar-refractivity contribution in [2.45, 2.75) is 17.7 Å². The number of carbonyl (C=O) groups excluding carboxylic acids is 1. The molecule has 0 atom stereocenters. The number of amides is 1. The Morgan fingerprint density at radius 2 is 1.95 bits per heavy atom. The first kappa shape index (κ1) is 15.2. The zero-order valence-electron chi connectivity index (χ0n) is 10.6. The van der Waals surface area contributed by atoms with Gasteiger partial charge in [-0.1, -0.05) is 18.1 Å². The Morgan fingerprint density at radius 1 is 1.32 bits per heavy atom. The fourth-order valence-corrected chi connectivity index (χ4v) is 2.18. The lowest BCUT2D eigenvalue weighted by Crippen LogP contribution is -2.23. The molecule has 0 aromatic heterocycles. The van der Waals surface area contributed by atoms with Gasteiger partial charge in [-0.05, 0) is 31.2 Å². The van der Waals surface area contributed by atoms with Crippen molar-refractivity contribution in [2.75, 3.05) is 13.6 Å². The van der Waals surface area contributed by atoms with Gasteiger partial charge in [0.15, 0.2) is 0 Å². The third-order valence-electron chi connectivity index (χ3n) is 2.53. The summed E-state index contributed by atoms with van der Waals surface area (Å²) in [5.41, 5.74) is 0.894. The largest absolute Gasteiger partial charge is 0.345 e. The molecule has 2 N–H and O–H groups in total. The van der Waals surface area contributed by atoms with Gasteiger partial charge >= 0.3 is 0 Å². The lowest BCUT2D eigenvalue weighted by Gasteiger charge is -2.05. The molecule has 1 amide bonds. The minimum absolute atomic E-state index is 0.120. The first-order valence-electron chi connectivity index (χ1n) is 5.72. The van der Waals surface area contributed by atoms with Gasteiger partial charge in [0, 0.05) is 6.42 Å². The molecule has 0 saturated heterocycles. The maximum absolute atomic E-state index is 11.5. The molecule has 0 saturated carbocycles. The normalized spacial score (nSPS) is 10.7. The Kier molecular flexibility index (Phi) is 5.55. The van der Waals surface area contributed by atoms with Gasteiger partial charge in [0.05, 0.1) is 11.4 Å². The van der Waals surface area contributed by atoms with E-state index in [1.807, 2.05) is 0 Å². The molecule has 0 aliphatic heterocycles. The van der Waals surface area contributed by atoms with Gasteiger partial charge in [-0.15, -0.1) is 6.42 Å². The van der Waals surface area contributed by atoms with Crippen molar-refractivity contribution >= 4 is 15.9 Å². The molecule has 0 radical (unpaired) electrons. The maximum atomic E-state index is 11.5. The summed E-state index contributed by atoms with van der Waals surface area (Å²) >= 11 is 0. The summed E-state index contributed by atoms with van der Waals surface area (Å²) in [6.45, 7) is 0.220. The van der Waals surface area contributed by atoms with Crippen LogP contribution in [0.4, 0.5) is 0 Å². The summed E-state index contributed by atoms with van der Waals surface area (Å²) in [4.78, 5) is 11.5. The molecule has 5 nitrogen and oxygen atoms in total. The van der Waals surface area contributed by atoms with Gasteiger partial charge in [-0.2, -0.15) is 0 Å². The smallest absolute Gasteiger partial charge is 0.240 e. The van der Waals surface area contributed by atoms with Crippen LogP contribution in [0.3, 0.4) is 0 Å². The molecular formula is C13H16N2O3S. The molecule has 0 aliphatic rings. The van der Waals surface area contributed by atoms with E-state index >= 15 is 0 Å². The Labute approximate surface area is 113 Å². The predicted molar refractivity (Wildman–Crippen MR) is 72.9 cm³/mol. The van der Waals surface area contributed by atoms with Crippen molar-refractivity contribution in [3.8, 4) is 12.3 Å². The molecule has 0 unspecified atom stereocenters. The first-order chi connectivity index (χ1) is 8.99. The second-order valence-electron chi connectivity index (χ2n) is 3.83. The lowest BCUT2D eigenvalue weighted by atomic mass is 10.1. The van der Waals surface area contributed by atoms with Crippen molar-refractivity contribution in [2.24, 2.45) is 0 Å². The molecular weight excluding hydrogens is 264 g/mol. The van der Waals surface area contributed by atoms with Gasteiger partial charge in [0.25, 0.3) is 0 Å². The van der Waals surface area contributed by atoms with E-state index in [4.69, 9.17) is 6.42 Å². The Balaban J connectivity index is 2.59. The summed E-state index contributed by atoms with van der Waals surface area (Å²) < 4.78 is 25.2. The highest BCUT2D eigenvalue weighted by atomic mass is 32.2. The second-order valence-corrected chi connectivity index (χ2v) is 5.72. The molecule has 6 heteroatoms. The molecule has 1 rings (SSSR count). The number of hydrogen-bond acceptors (Lipinski definition) is 3. The average molecular weight is 280 g/mol. The highest BCUT2D eigenvalue weighted by Gasteiger charge is 2.10. The predicted octanol–water partition coefficient (Wildman–Crippen LogP) is 0.277. The zero-order valence-corrected chi connectivity index (χ0v) is 11.5. The van der Waals surface area contributed by atoms with E-state index in [0.717, 1.165) is 5.56 Å². The summed E-state index contributed by atoms with van der Waals surface area (Å²) in [5.74, 6) is 2.20. The van der Waals surface area contributed by atoms with E-state index < -0.39 is 10.0 Å². The van der Waals surface area contributed by atoms with Gasteiger partial charge in [0.1, 0.15) is 0 Å². The van der Waals surface area contributed by atoms with Crippen LogP contribution in [0.5, 0.6) is 0 Å². The SMILES string of the molecule is C#CCNC(=O)CCc1ccc(S(=O)(=O)NC)cc1. The van der Waals surface area contributed by atoms with Gasteiger partial charge < -0.3 is 5.32 Å². The van der Waals surface area contributed by atoms with E-state index in [1.54, 1.807) is 12.1 Å². The highest BCUT2D eigenvalue weighted by molar-refractivity contribution is 7.89. The molecule has 1 aromatic carbocycles. The number of rotatable bonds is 6. The van der Waals surface area contributed by atoms with Crippen molar-refractivity contribution < 1.29 is 13.2 Å². The minimum atomic E-state index is -3.41. The fourth-order valence-electron chi connectivity index (χ4n) is 1.45. The molecule has 0 bridgehead atoms. The van der Waals surface area contributed by atoms with Crippen molar-refractivity contribution in [1.29, 1.82) is 0 Å². The minimum Gasteiger partial charge on any atom is -0.345 e. The van der Waals surface area contributed by atoms with E-state index in [9.17, 15) is 13.2 Å².